The van der Waals surface area contributed by atoms with Crippen LogP contribution in [0.1, 0.15) is 24.7 Å². The van der Waals surface area contributed by atoms with Gasteiger partial charge in [0.25, 0.3) is 0 Å². The molecule has 27 heavy (non-hydrogen) atoms. The van der Waals surface area contributed by atoms with Gasteiger partial charge >= 0.3 is 0 Å². The third-order valence-electron chi connectivity index (χ3n) is 4.66. The molecular weight excluding hydrogens is 381 g/mol. The van der Waals surface area contributed by atoms with Gasteiger partial charge in [0, 0.05) is 19.0 Å². The summed E-state index contributed by atoms with van der Waals surface area (Å²) in [5.74, 6) is -4.85. The average molecular weight is 396 g/mol. The molecule has 3 aromatic rings. The minimum atomic E-state index is -4.32. The molecule has 1 fully saturated rings. The Labute approximate surface area is 153 Å². The monoisotopic (exact) mass is 396 g/mol. The molecule has 5 nitrogen and oxygen atoms in total. The van der Waals surface area contributed by atoms with Gasteiger partial charge in [-0.15, -0.1) is 0 Å². The standard InChI is InChI=1S/C18H15F3N2O3S/c19-12-7-8-15(17(21)16(12)20)27(24,25)23-9-3-4-11(10-23)18-22-13-5-1-2-6-14(13)26-18/h1-2,5-8,11H,3-4,9-10H2/t11-/m1/s1. The van der Waals surface area contributed by atoms with Gasteiger partial charge in [0.2, 0.25) is 10.0 Å². The lowest BCUT2D eigenvalue weighted by atomic mass is 10.00. The molecule has 0 bridgehead atoms. The van der Waals surface area contributed by atoms with E-state index in [-0.39, 0.29) is 19.0 Å². The zero-order valence-electron chi connectivity index (χ0n) is 14.0. The molecule has 0 spiro atoms. The molecule has 2 heterocycles. The first kappa shape index (κ1) is 18.0. The zero-order valence-corrected chi connectivity index (χ0v) is 14.8. The van der Waals surface area contributed by atoms with Crippen molar-refractivity contribution in [1.82, 2.24) is 9.29 Å². The van der Waals surface area contributed by atoms with Gasteiger partial charge in [-0.1, -0.05) is 12.1 Å². The highest BCUT2D eigenvalue weighted by molar-refractivity contribution is 7.89. The van der Waals surface area contributed by atoms with E-state index in [4.69, 9.17) is 4.42 Å². The van der Waals surface area contributed by atoms with Crippen molar-refractivity contribution in [2.24, 2.45) is 0 Å². The van der Waals surface area contributed by atoms with E-state index >= 15 is 0 Å². The fourth-order valence-electron chi connectivity index (χ4n) is 3.27. The van der Waals surface area contributed by atoms with Crippen molar-refractivity contribution >= 4 is 21.1 Å². The summed E-state index contributed by atoms with van der Waals surface area (Å²) in [6.07, 6.45) is 1.16. The maximum atomic E-state index is 14.0. The Morgan fingerprint density at radius 2 is 1.85 bits per heavy atom. The first-order valence-electron chi connectivity index (χ1n) is 8.37. The predicted octanol–water partition coefficient (Wildman–Crippen LogP) is 3.81. The molecule has 0 saturated carbocycles. The second-order valence-corrected chi connectivity index (χ2v) is 8.30. The molecular formula is C18H15F3N2O3S. The van der Waals surface area contributed by atoms with Crippen molar-refractivity contribution in [2.45, 2.75) is 23.7 Å². The summed E-state index contributed by atoms with van der Waals surface area (Å²) >= 11 is 0. The molecule has 0 aliphatic carbocycles. The highest BCUT2D eigenvalue weighted by Crippen LogP contribution is 2.32. The maximum Gasteiger partial charge on any atom is 0.246 e. The summed E-state index contributed by atoms with van der Waals surface area (Å²) in [6.45, 7) is 0.172. The Morgan fingerprint density at radius 1 is 1.07 bits per heavy atom. The molecule has 1 aliphatic rings. The number of oxazole rings is 1. The third-order valence-corrected chi connectivity index (χ3v) is 6.54. The van der Waals surface area contributed by atoms with E-state index in [2.05, 4.69) is 4.98 Å². The number of piperidine rings is 1. The van der Waals surface area contributed by atoms with Crippen LogP contribution in [0.2, 0.25) is 0 Å². The minimum Gasteiger partial charge on any atom is -0.440 e. The fourth-order valence-corrected chi connectivity index (χ4v) is 4.85. The topological polar surface area (TPSA) is 63.4 Å². The first-order valence-corrected chi connectivity index (χ1v) is 9.81. The van der Waals surface area contributed by atoms with Gasteiger partial charge in [0.05, 0.1) is 0 Å². The summed E-state index contributed by atoms with van der Waals surface area (Å²) in [6, 6.07) is 8.52. The third kappa shape index (κ3) is 3.10. The Balaban J connectivity index is 1.65. The van der Waals surface area contributed by atoms with Gasteiger partial charge in [0.15, 0.2) is 28.9 Å². The summed E-state index contributed by atoms with van der Waals surface area (Å²) in [5.41, 5.74) is 1.26. The number of benzene rings is 2. The van der Waals surface area contributed by atoms with Crippen LogP contribution in [-0.4, -0.2) is 30.8 Å². The highest BCUT2D eigenvalue weighted by Gasteiger charge is 2.35. The van der Waals surface area contributed by atoms with E-state index in [0.29, 0.717) is 35.9 Å². The molecule has 1 aromatic heterocycles. The normalized spacial score (nSPS) is 18.9. The number of para-hydroxylation sites is 2. The van der Waals surface area contributed by atoms with Gasteiger partial charge in [-0.05, 0) is 37.1 Å². The van der Waals surface area contributed by atoms with E-state index < -0.39 is 32.4 Å². The lowest BCUT2D eigenvalue weighted by Crippen LogP contribution is -2.39. The number of rotatable bonds is 3. The quantitative estimate of drug-likeness (QED) is 0.632. The number of sulfonamides is 1. The van der Waals surface area contributed by atoms with E-state index in [1.54, 1.807) is 18.2 Å². The lowest BCUT2D eigenvalue weighted by molar-refractivity contribution is 0.287. The van der Waals surface area contributed by atoms with Crippen LogP contribution >= 0.6 is 0 Å². The molecule has 0 amide bonds. The summed E-state index contributed by atoms with van der Waals surface area (Å²) in [5, 5.41) is 0. The molecule has 0 N–H and O–H groups in total. The van der Waals surface area contributed by atoms with Crippen LogP contribution in [0.3, 0.4) is 0 Å². The first-order chi connectivity index (χ1) is 12.9. The smallest absolute Gasteiger partial charge is 0.246 e. The van der Waals surface area contributed by atoms with E-state index in [1.807, 2.05) is 6.07 Å². The van der Waals surface area contributed by atoms with Gasteiger partial charge in [-0.25, -0.2) is 26.6 Å². The molecule has 9 heteroatoms. The Bertz CT molecular complexity index is 1080. The van der Waals surface area contributed by atoms with Crippen molar-refractivity contribution in [2.75, 3.05) is 13.1 Å². The van der Waals surface area contributed by atoms with Crippen LogP contribution in [0, 0.1) is 17.5 Å². The van der Waals surface area contributed by atoms with Gasteiger partial charge < -0.3 is 4.42 Å². The second kappa shape index (κ2) is 6.65. The average Bonchev–Trinajstić information content (AvgIpc) is 3.10. The SMILES string of the molecule is O=S(=O)(c1ccc(F)c(F)c1F)N1CCC[C@@H](c2nc3ccccc3o2)C1. The van der Waals surface area contributed by atoms with Crippen LogP contribution in [0.4, 0.5) is 13.2 Å². The van der Waals surface area contributed by atoms with E-state index in [1.165, 1.54) is 0 Å². The van der Waals surface area contributed by atoms with Crippen LogP contribution in [0.15, 0.2) is 45.7 Å². The summed E-state index contributed by atoms with van der Waals surface area (Å²) in [7, 11) is -4.32. The predicted molar refractivity (Wildman–Crippen MR) is 91.1 cm³/mol. The Hall–Kier alpha value is -2.39. The summed E-state index contributed by atoms with van der Waals surface area (Å²) < 4.78 is 73.0. The number of hydrogen-bond donors (Lipinski definition) is 0. The molecule has 142 valence electrons. The lowest BCUT2D eigenvalue weighted by Gasteiger charge is -2.30. The highest BCUT2D eigenvalue weighted by atomic mass is 32.2. The number of hydrogen-bond acceptors (Lipinski definition) is 4. The van der Waals surface area contributed by atoms with Gasteiger partial charge in [-0.3, -0.25) is 0 Å². The fraction of sp³-hybridized carbons (Fsp3) is 0.278. The number of aromatic nitrogens is 1. The van der Waals surface area contributed by atoms with Crippen molar-refractivity contribution in [3.63, 3.8) is 0 Å². The van der Waals surface area contributed by atoms with Gasteiger partial charge in [0.1, 0.15) is 10.4 Å². The Kier molecular flexibility index (Phi) is 4.43. The number of halogens is 3. The van der Waals surface area contributed by atoms with Crippen LogP contribution < -0.4 is 0 Å². The second-order valence-electron chi connectivity index (χ2n) is 6.40. The van der Waals surface area contributed by atoms with Crippen LogP contribution in [-0.2, 0) is 10.0 Å². The van der Waals surface area contributed by atoms with Crippen molar-refractivity contribution in [3.05, 3.63) is 59.7 Å². The maximum absolute atomic E-state index is 14.0. The molecule has 2 aromatic carbocycles. The largest absolute Gasteiger partial charge is 0.440 e. The van der Waals surface area contributed by atoms with E-state index in [0.717, 1.165) is 10.4 Å². The van der Waals surface area contributed by atoms with Crippen molar-refractivity contribution < 1.29 is 26.0 Å². The molecule has 1 atom stereocenters. The number of fused-ring (bicyclic) bond motifs is 1. The Morgan fingerprint density at radius 3 is 2.63 bits per heavy atom. The summed E-state index contributed by atoms with van der Waals surface area (Å²) in [4.78, 5) is 3.52. The minimum absolute atomic E-state index is 0.0214. The molecule has 1 aliphatic heterocycles. The zero-order chi connectivity index (χ0) is 19.2. The molecule has 4 rings (SSSR count). The van der Waals surface area contributed by atoms with Gasteiger partial charge in [-0.2, -0.15) is 4.31 Å². The van der Waals surface area contributed by atoms with E-state index in [9.17, 15) is 21.6 Å². The molecule has 0 radical (unpaired) electrons. The molecule has 0 unspecified atom stereocenters. The van der Waals surface area contributed by atoms with Crippen LogP contribution in [0.5, 0.6) is 0 Å². The number of nitrogens with zero attached hydrogens (tertiary/aromatic N) is 2. The van der Waals surface area contributed by atoms with Crippen molar-refractivity contribution in [3.8, 4) is 0 Å². The molecule has 1 saturated heterocycles. The van der Waals surface area contributed by atoms with Crippen LogP contribution in [0.25, 0.3) is 11.1 Å². The van der Waals surface area contributed by atoms with Crippen molar-refractivity contribution in [1.29, 1.82) is 0 Å².